The molecule has 1 aromatic heterocycles. The van der Waals surface area contributed by atoms with Crippen molar-refractivity contribution in [1.29, 1.82) is 0 Å². The highest BCUT2D eigenvalue weighted by Crippen LogP contribution is 2.14. The van der Waals surface area contributed by atoms with Gasteiger partial charge < -0.3 is 0 Å². The van der Waals surface area contributed by atoms with Crippen LogP contribution in [0.25, 0.3) is 5.69 Å². The van der Waals surface area contributed by atoms with Crippen LogP contribution < -0.4 is 5.14 Å². The fourth-order valence-corrected chi connectivity index (χ4v) is 2.03. The zero-order valence-electron chi connectivity index (χ0n) is 8.66. The summed E-state index contributed by atoms with van der Waals surface area (Å²) >= 11 is 0. The molecule has 0 radical (unpaired) electrons. The van der Waals surface area contributed by atoms with Crippen LogP contribution in [0.2, 0.25) is 0 Å². The highest BCUT2D eigenvalue weighted by Gasteiger charge is 2.14. The molecule has 0 spiro atoms. The summed E-state index contributed by atoms with van der Waals surface area (Å²) in [5, 5.41) is 5.06. The predicted molar refractivity (Wildman–Crippen MR) is 59.7 cm³/mol. The van der Waals surface area contributed by atoms with Gasteiger partial charge in [0.05, 0.1) is 6.20 Å². The molecule has 0 aliphatic rings. The second-order valence-corrected chi connectivity index (χ2v) is 4.99. The van der Waals surface area contributed by atoms with Crippen molar-refractivity contribution in [3.63, 3.8) is 0 Å². The van der Waals surface area contributed by atoms with Gasteiger partial charge in [-0.15, -0.1) is 0 Å². The summed E-state index contributed by atoms with van der Waals surface area (Å²) in [6.45, 7) is 1.96. The molecule has 0 aliphatic heterocycles. The van der Waals surface area contributed by atoms with Gasteiger partial charge in [-0.1, -0.05) is 17.7 Å². The Hall–Kier alpha value is -1.66. The predicted octanol–water partition coefficient (Wildman–Crippen LogP) is 0.828. The Kier molecular flexibility index (Phi) is 2.53. The van der Waals surface area contributed by atoms with E-state index in [1.807, 2.05) is 31.2 Å². The minimum absolute atomic E-state index is 0.0173. The molecule has 1 aromatic carbocycles. The molecule has 5 nitrogen and oxygen atoms in total. The third-order valence-corrected chi connectivity index (χ3v) is 3.09. The van der Waals surface area contributed by atoms with Crippen LogP contribution in [0.3, 0.4) is 0 Å². The molecular formula is C10H11N3O2S. The van der Waals surface area contributed by atoms with E-state index in [2.05, 4.69) is 4.98 Å². The first kappa shape index (κ1) is 10.8. The molecule has 0 saturated heterocycles. The molecule has 1 heterocycles. The van der Waals surface area contributed by atoms with Crippen molar-refractivity contribution in [2.24, 2.45) is 5.14 Å². The van der Waals surface area contributed by atoms with Crippen LogP contribution in [0.4, 0.5) is 0 Å². The number of primary sulfonamides is 1. The van der Waals surface area contributed by atoms with E-state index in [1.165, 1.54) is 17.1 Å². The first-order valence-corrected chi connectivity index (χ1v) is 6.15. The van der Waals surface area contributed by atoms with Gasteiger partial charge in [0, 0.05) is 5.69 Å². The van der Waals surface area contributed by atoms with E-state index in [4.69, 9.17) is 5.14 Å². The van der Waals surface area contributed by atoms with Crippen molar-refractivity contribution >= 4 is 10.0 Å². The molecule has 0 saturated carbocycles. The summed E-state index contributed by atoms with van der Waals surface area (Å²) in [6.07, 6.45) is 2.65. The number of aromatic nitrogens is 2. The molecular weight excluding hydrogens is 226 g/mol. The Bertz CT molecular complexity index is 599. The maximum absolute atomic E-state index is 11.3. The Labute approximate surface area is 93.6 Å². The van der Waals surface area contributed by atoms with Crippen LogP contribution in [0, 0.1) is 6.92 Å². The van der Waals surface area contributed by atoms with Gasteiger partial charge >= 0.3 is 0 Å². The summed E-state index contributed by atoms with van der Waals surface area (Å²) in [5.41, 5.74) is 1.81. The molecule has 0 amide bonds. The maximum atomic E-state index is 11.3. The molecule has 0 atom stereocenters. The van der Waals surface area contributed by atoms with Crippen LogP contribution in [-0.4, -0.2) is 18.0 Å². The van der Waals surface area contributed by atoms with Crippen LogP contribution in [0.1, 0.15) is 5.56 Å². The van der Waals surface area contributed by atoms with Gasteiger partial charge in [0.2, 0.25) is 0 Å². The normalized spacial score (nSPS) is 11.6. The molecule has 0 unspecified atom stereocenters. The largest absolute Gasteiger partial charge is 0.289 e. The van der Waals surface area contributed by atoms with Crippen LogP contribution in [0.15, 0.2) is 41.8 Å². The fraction of sp³-hybridized carbons (Fsp3) is 0.100. The number of hydrogen-bond donors (Lipinski definition) is 1. The molecule has 0 aliphatic carbocycles. The topological polar surface area (TPSA) is 78.0 Å². The molecule has 84 valence electrons. The second kappa shape index (κ2) is 3.73. The summed E-state index contributed by atoms with van der Waals surface area (Å²) in [5.74, 6) is 0. The van der Waals surface area contributed by atoms with Crippen molar-refractivity contribution < 1.29 is 8.42 Å². The monoisotopic (exact) mass is 237 g/mol. The average molecular weight is 237 g/mol. The smallest absolute Gasteiger partial charge is 0.255 e. The molecule has 6 heteroatoms. The van der Waals surface area contributed by atoms with Crippen LogP contribution >= 0.6 is 0 Å². The zero-order chi connectivity index (χ0) is 11.8. The molecule has 0 bridgehead atoms. The lowest BCUT2D eigenvalue weighted by atomic mass is 10.2. The van der Waals surface area contributed by atoms with Crippen molar-refractivity contribution in [3.05, 3.63) is 42.4 Å². The van der Waals surface area contributed by atoms with Gasteiger partial charge in [-0.2, -0.15) is 0 Å². The number of benzene rings is 1. The lowest BCUT2D eigenvalue weighted by Gasteiger charge is -2.06. The van der Waals surface area contributed by atoms with Crippen molar-refractivity contribution in [2.75, 3.05) is 0 Å². The maximum Gasteiger partial charge on any atom is 0.255 e. The molecule has 16 heavy (non-hydrogen) atoms. The number of rotatable bonds is 2. The lowest BCUT2D eigenvalue weighted by Crippen LogP contribution is -2.16. The van der Waals surface area contributed by atoms with Gasteiger partial charge in [-0.05, 0) is 19.1 Å². The third kappa shape index (κ3) is 1.98. The average Bonchev–Trinajstić information content (AvgIpc) is 2.66. The number of imidazole rings is 1. The summed E-state index contributed by atoms with van der Waals surface area (Å²) < 4.78 is 24.0. The van der Waals surface area contributed by atoms with Gasteiger partial charge in [-0.25, -0.2) is 18.5 Å². The van der Waals surface area contributed by atoms with Gasteiger partial charge in [0.15, 0.2) is 5.03 Å². The van der Waals surface area contributed by atoms with Gasteiger partial charge in [0.25, 0.3) is 10.0 Å². The van der Waals surface area contributed by atoms with Crippen LogP contribution in [0.5, 0.6) is 0 Å². The summed E-state index contributed by atoms with van der Waals surface area (Å²) in [7, 11) is -3.75. The molecule has 0 fully saturated rings. The van der Waals surface area contributed by atoms with Gasteiger partial charge in [-0.3, -0.25) is 4.57 Å². The number of hydrogen-bond acceptors (Lipinski definition) is 3. The van der Waals surface area contributed by atoms with E-state index in [0.717, 1.165) is 5.56 Å². The summed E-state index contributed by atoms with van der Waals surface area (Å²) in [6, 6.07) is 7.40. The Morgan fingerprint density at radius 2 is 1.88 bits per heavy atom. The van der Waals surface area contributed by atoms with Crippen LogP contribution in [-0.2, 0) is 10.0 Å². The Balaban J connectivity index is 2.58. The minimum atomic E-state index is -3.75. The summed E-state index contributed by atoms with van der Waals surface area (Å²) in [4.78, 5) is 3.79. The quantitative estimate of drug-likeness (QED) is 0.840. The highest BCUT2D eigenvalue weighted by molar-refractivity contribution is 7.89. The number of nitrogens with two attached hydrogens (primary N) is 1. The number of aryl methyl sites for hydroxylation is 1. The second-order valence-electron chi connectivity index (χ2n) is 3.48. The first-order valence-electron chi connectivity index (χ1n) is 4.61. The highest BCUT2D eigenvalue weighted by atomic mass is 32.2. The Morgan fingerprint density at radius 3 is 2.44 bits per heavy atom. The van der Waals surface area contributed by atoms with E-state index < -0.39 is 10.0 Å². The lowest BCUT2D eigenvalue weighted by molar-refractivity contribution is 0.591. The SMILES string of the molecule is Cc1ccc(-n2cncc2S(N)(=O)=O)cc1. The van der Waals surface area contributed by atoms with E-state index in [1.54, 1.807) is 0 Å². The minimum Gasteiger partial charge on any atom is -0.289 e. The van der Waals surface area contributed by atoms with E-state index in [0.29, 0.717) is 5.69 Å². The zero-order valence-corrected chi connectivity index (χ0v) is 9.48. The fourth-order valence-electron chi connectivity index (χ4n) is 1.39. The van der Waals surface area contributed by atoms with Crippen molar-refractivity contribution in [2.45, 2.75) is 11.9 Å². The van der Waals surface area contributed by atoms with Crippen molar-refractivity contribution in [1.82, 2.24) is 9.55 Å². The van der Waals surface area contributed by atoms with Crippen molar-refractivity contribution in [3.8, 4) is 5.69 Å². The number of nitrogens with zero attached hydrogens (tertiary/aromatic N) is 2. The molecule has 2 aromatic rings. The van der Waals surface area contributed by atoms with E-state index in [9.17, 15) is 8.42 Å². The van der Waals surface area contributed by atoms with E-state index in [-0.39, 0.29) is 5.03 Å². The van der Waals surface area contributed by atoms with Gasteiger partial charge in [0.1, 0.15) is 6.33 Å². The number of sulfonamides is 1. The third-order valence-electron chi connectivity index (χ3n) is 2.21. The first-order chi connectivity index (χ1) is 7.48. The molecule has 2 N–H and O–H groups in total. The standard InChI is InChI=1S/C10H11N3O2S/c1-8-2-4-9(5-3-8)13-7-12-6-10(13)16(11,14)15/h2-7H,1H3,(H2,11,14,15). The molecule has 2 rings (SSSR count). The Morgan fingerprint density at radius 1 is 1.25 bits per heavy atom. The van der Waals surface area contributed by atoms with E-state index >= 15 is 0 Å².